The van der Waals surface area contributed by atoms with Crippen molar-refractivity contribution in [3.05, 3.63) is 35.9 Å². The summed E-state index contributed by atoms with van der Waals surface area (Å²) < 4.78 is 0. The molecular weight excluding hydrogens is 460 g/mol. The van der Waals surface area contributed by atoms with Crippen molar-refractivity contribution in [1.82, 2.24) is 15.5 Å². The number of nitrogens with zero attached hydrogens (tertiary/aromatic N) is 2. The molecular formula is C25H42N8O3. The molecule has 200 valence electrons. The van der Waals surface area contributed by atoms with Crippen molar-refractivity contribution in [1.29, 1.82) is 0 Å². The van der Waals surface area contributed by atoms with Gasteiger partial charge in [-0.3, -0.25) is 24.3 Å². The molecule has 11 heteroatoms. The Labute approximate surface area is 213 Å². The minimum atomic E-state index is -0.880. The van der Waals surface area contributed by atoms with Crippen LogP contribution >= 0.6 is 0 Å². The SMILES string of the molecule is NCCCCC(NC(=O)[C@@H]1CCCN1CCc1ccccc1)C(=O)NC(CCCN=C(N)N)C(N)=O. The maximum Gasteiger partial charge on any atom is 0.243 e. The number of benzene rings is 1. The molecule has 1 fully saturated rings. The molecule has 0 spiro atoms. The normalized spacial score (nSPS) is 17.2. The predicted molar refractivity (Wildman–Crippen MR) is 141 cm³/mol. The third kappa shape index (κ3) is 10.2. The summed E-state index contributed by atoms with van der Waals surface area (Å²) in [6, 6.07) is 8.21. The summed E-state index contributed by atoms with van der Waals surface area (Å²) in [7, 11) is 0. The molecule has 11 nitrogen and oxygen atoms in total. The van der Waals surface area contributed by atoms with Crippen LogP contribution in [0.25, 0.3) is 0 Å². The second-order valence-corrected chi connectivity index (χ2v) is 9.19. The number of hydrogen-bond donors (Lipinski definition) is 6. The molecule has 0 bridgehead atoms. The molecule has 1 saturated heterocycles. The Bertz CT molecular complexity index is 860. The van der Waals surface area contributed by atoms with Crippen LogP contribution in [-0.2, 0) is 20.8 Å². The Morgan fingerprint density at radius 1 is 1.00 bits per heavy atom. The van der Waals surface area contributed by atoms with Crippen molar-refractivity contribution in [3.8, 4) is 0 Å². The molecule has 0 radical (unpaired) electrons. The van der Waals surface area contributed by atoms with E-state index in [0.717, 1.165) is 38.8 Å². The topological polar surface area (TPSA) is 195 Å². The number of nitrogens with two attached hydrogens (primary N) is 4. The largest absolute Gasteiger partial charge is 0.370 e. The molecule has 1 aliphatic heterocycles. The number of unbranched alkanes of at least 4 members (excludes halogenated alkanes) is 1. The minimum Gasteiger partial charge on any atom is -0.370 e. The maximum atomic E-state index is 13.2. The molecule has 3 amide bonds. The Morgan fingerprint density at radius 3 is 2.39 bits per heavy atom. The lowest BCUT2D eigenvalue weighted by molar-refractivity contribution is -0.133. The third-order valence-electron chi connectivity index (χ3n) is 6.38. The summed E-state index contributed by atoms with van der Waals surface area (Å²) in [6.07, 6.45) is 5.10. The molecule has 1 aromatic carbocycles. The van der Waals surface area contributed by atoms with Crippen molar-refractivity contribution in [2.24, 2.45) is 27.9 Å². The van der Waals surface area contributed by atoms with E-state index in [-0.39, 0.29) is 24.3 Å². The van der Waals surface area contributed by atoms with Crippen molar-refractivity contribution in [3.63, 3.8) is 0 Å². The molecule has 2 rings (SSSR count). The van der Waals surface area contributed by atoms with Crippen LogP contribution in [0.1, 0.15) is 50.5 Å². The number of nitrogens with one attached hydrogen (secondary N) is 2. The van der Waals surface area contributed by atoms with Gasteiger partial charge in [0.05, 0.1) is 6.04 Å². The zero-order valence-corrected chi connectivity index (χ0v) is 21.0. The van der Waals surface area contributed by atoms with E-state index in [1.807, 2.05) is 18.2 Å². The zero-order valence-electron chi connectivity index (χ0n) is 21.0. The Morgan fingerprint density at radius 2 is 1.72 bits per heavy atom. The van der Waals surface area contributed by atoms with Crippen LogP contribution in [0.5, 0.6) is 0 Å². The van der Waals surface area contributed by atoms with E-state index in [1.165, 1.54) is 5.56 Å². The number of carbonyl (C=O) groups is 3. The zero-order chi connectivity index (χ0) is 26.3. The Hall–Kier alpha value is -3.18. The second-order valence-electron chi connectivity index (χ2n) is 9.19. The number of likely N-dealkylation sites (tertiary alicyclic amines) is 1. The molecule has 2 unspecified atom stereocenters. The van der Waals surface area contributed by atoms with Gasteiger partial charge in [0.2, 0.25) is 17.7 Å². The monoisotopic (exact) mass is 502 g/mol. The quantitative estimate of drug-likeness (QED) is 0.0979. The summed E-state index contributed by atoms with van der Waals surface area (Å²) in [5.74, 6) is -1.29. The highest BCUT2D eigenvalue weighted by molar-refractivity contribution is 5.92. The first-order chi connectivity index (χ1) is 17.3. The number of primary amides is 1. The summed E-state index contributed by atoms with van der Waals surface area (Å²) in [5.41, 5.74) is 23.0. The number of amides is 3. The van der Waals surface area contributed by atoms with Gasteiger partial charge in [-0.05, 0) is 70.0 Å². The molecule has 1 heterocycles. The van der Waals surface area contributed by atoms with Gasteiger partial charge in [-0.2, -0.15) is 0 Å². The summed E-state index contributed by atoms with van der Waals surface area (Å²) in [4.78, 5) is 44.3. The van der Waals surface area contributed by atoms with Crippen LogP contribution in [0.3, 0.4) is 0 Å². The van der Waals surface area contributed by atoms with Crippen molar-refractivity contribution in [2.75, 3.05) is 26.2 Å². The fraction of sp³-hybridized carbons (Fsp3) is 0.600. The van der Waals surface area contributed by atoms with Crippen LogP contribution in [-0.4, -0.2) is 72.9 Å². The first-order valence-electron chi connectivity index (χ1n) is 12.7. The molecule has 0 saturated carbocycles. The molecule has 3 atom stereocenters. The average Bonchev–Trinajstić information content (AvgIpc) is 3.33. The van der Waals surface area contributed by atoms with Crippen LogP contribution < -0.4 is 33.6 Å². The Balaban J connectivity index is 1.98. The Kier molecular flexibility index (Phi) is 12.7. The number of guanidine groups is 1. The fourth-order valence-electron chi connectivity index (χ4n) is 4.40. The molecule has 10 N–H and O–H groups in total. The smallest absolute Gasteiger partial charge is 0.243 e. The van der Waals surface area contributed by atoms with Crippen molar-refractivity contribution < 1.29 is 14.4 Å². The predicted octanol–water partition coefficient (Wildman–Crippen LogP) is -0.669. The van der Waals surface area contributed by atoms with E-state index in [0.29, 0.717) is 32.4 Å². The highest BCUT2D eigenvalue weighted by atomic mass is 16.2. The highest BCUT2D eigenvalue weighted by Gasteiger charge is 2.33. The lowest BCUT2D eigenvalue weighted by atomic mass is 10.1. The van der Waals surface area contributed by atoms with Crippen molar-refractivity contribution in [2.45, 2.75) is 69.5 Å². The molecule has 0 aromatic heterocycles. The van der Waals surface area contributed by atoms with Gasteiger partial charge in [0.1, 0.15) is 12.1 Å². The van der Waals surface area contributed by atoms with Crippen LogP contribution in [0.2, 0.25) is 0 Å². The standard InChI is InChI=1S/C25H42N8O3/c26-14-5-4-10-20(23(35)31-19(22(27)34)11-6-15-30-25(28)29)32-24(36)21-12-7-16-33(21)17-13-18-8-2-1-3-9-18/h1-3,8-9,19-21H,4-7,10-17,26H2,(H2,27,34)(H,31,35)(H,32,36)(H4,28,29,30)/t19?,20?,21-/m0/s1. The summed E-state index contributed by atoms with van der Waals surface area (Å²) in [5, 5.41) is 5.63. The lowest BCUT2D eigenvalue weighted by Crippen LogP contribution is -2.55. The van der Waals surface area contributed by atoms with Gasteiger partial charge in [0, 0.05) is 13.1 Å². The van der Waals surface area contributed by atoms with Gasteiger partial charge in [0.15, 0.2) is 5.96 Å². The number of hydrogen-bond acceptors (Lipinski definition) is 6. The summed E-state index contributed by atoms with van der Waals surface area (Å²) >= 11 is 0. The second kappa shape index (κ2) is 15.7. The van der Waals surface area contributed by atoms with E-state index >= 15 is 0 Å². The maximum absolute atomic E-state index is 13.2. The molecule has 0 aliphatic carbocycles. The van der Waals surface area contributed by atoms with E-state index in [9.17, 15) is 14.4 Å². The lowest BCUT2D eigenvalue weighted by Gasteiger charge is -2.27. The average molecular weight is 503 g/mol. The highest BCUT2D eigenvalue weighted by Crippen LogP contribution is 2.19. The van der Waals surface area contributed by atoms with Crippen LogP contribution in [0.4, 0.5) is 0 Å². The number of rotatable bonds is 16. The van der Waals surface area contributed by atoms with E-state index in [4.69, 9.17) is 22.9 Å². The summed E-state index contributed by atoms with van der Waals surface area (Å²) in [6.45, 7) is 2.42. The minimum absolute atomic E-state index is 0.0398. The fourth-order valence-corrected chi connectivity index (χ4v) is 4.40. The first kappa shape index (κ1) is 29.1. The van der Waals surface area contributed by atoms with Gasteiger partial charge < -0.3 is 33.6 Å². The van der Waals surface area contributed by atoms with Crippen LogP contribution in [0, 0.1) is 0 Å². The molecule has 36 heavy (non-hydrogen) atoms. The van der Waals surface area contributed by atoms with E-state index < -0.39 is 23.9 Å². The van der Waals surface area contributed by atoms with Gasteiger partial charge in [-0.25, -0.2) is 0 Å². The van der Waals surface area contributed by atoms with Gasteiger partial charge in [-0.15, -0.1) is 0 Å². The van der Waals surface area contributed by atoms with E-state index in [2.05, 4.69) is 32.7 Å². The van der Waals surface area contributed by atoms with E-state index in [1.54, 1.807) is 0 Å². The third-order valence-corrected chi connectivity index (χ3v) is 6.38. The van der Waals surface area contributed by atoms with Gasteiger partial charge >= 0.3 is 0 Å². The van der Waals surface area contributed by atoms with Gasteiger partial charge in [0.25, 0.3) is 0 Å². The number of aliphatic imine (C=N–C) groups is 1. The van der Waals surface area contributed by atoms with Gasteiger partial charge in [-0.1, -0.05) is 30.3 Å². The first-order valence-corrected chi connectivity index (χ1v) is 12.7. The molecule has 1 aliphatic rings. The van der Waals surface area contributed by atoms with Crippen LogP contribution in [0.15, 0.2) is 35.3 Å². The molecule has 1 aromatic rings. The number of carbonyl (C=O) groups excluding carboxylic acids is 3. The van der Waals surface area contributed by atoms with Crippen molar-refractivity contribution >= 4 is 23.7 Å².